The average molecular weight is 460 g/mol. The monoisotopic (exact) mass is 459 g/mol. The Morgan fingerprint density at radius 2 is 1.59 bits per heavy atom. The van der Waals surface area contributed by atoms with Crippen molar-refractivity contribution in [3.63, 3.8) is 0 Å². The summed E-state index contributed by atoms with van der Waals surface area (Å²) in [5.41, 5.74) is 5.48. The largest absolute Gasteiger partial charge is 0.481 e. The minimum atomic E-state index is -1.50. The summed E-state index contributed by atoms with van der Waals surface area (Å²) in [5, 5.41) is 37.5. The fourth-order valence-electron chi connectivity index (χ4n) is 3.21. The van der Waals surface area contributed by atoms with Crippen LogP contribution < -0.4 is 27.0 Å². The van der Waals surface area contributed by atoms with Gasteiger partial charge in [0.15, 0.2) is 0 Å². The van der Waals surface area contributed by atoms with Crippen molar-refractivity contribution in [3.8, 4) is 0 Å². The van der Waals surface area contributed by atoms with Gasteiger partial charge in [-0.2, -0.15) is 0 Å². The maximum absolute atomic E-state index is 12.7. The molecule has 0 aromatic heterocycles. The highest BCUT2D eigenvalue weighted by Crippen LogP contribution is 2.08. The van der Waals surface area contributed by atoms with Crippen LogP contribution in [0.15, 0.2) is 0 Å². The number of carbonyl (C=O) groups excluding carboxylic acids is 3. The zero-order valence-electron chi connectivity index (χ0n) is 17.8. The van der Waals surface area contributed by atoms with Crippen LogP contribution in [0.3, 0.4) is 0 Å². The number of unbranched alkanes of at least 4 members (excludes halogenated alkanes) is 1. The van der Waals surface area contributed by atoms with Gasteiger partial charge >= 0.3 is 11.9 Å². The van der Waals surface area contributed by atoms with E-state index in [9.17, 15) is 29.1 Å². The summed E-state index contributed by atoms with van der Waals surface area (Å²) in [5.74, 6) is -4.72. The lowest BCUT2D eigenvalue weighted by Gasteiger charge is -2.24. The van der Waals surface area contributed by atoms with Gasteiger partial charge in [0.25, 0.3) is 0 Å². The molecule has 0 aromatic carbocycles. The summed E-state index contributed by atoms with van der Waals surface area (Å²) in [6.45, 7) is 0.277. The molecule has 3 amide bonds. The third-order valence-electron chi connectivity index (χ3n) is 5.03. The van der Waals surface area contributed by atoms with E-state index in [1.54, 1.807) is 0 Å². The molecule has 1 saturated heterocycles. The minimum Gasteiger partial charge on any atom is -0.481 e. The molecule has 9 N–H and O–H groups in total. The summed E-state index contributed by atoms with van der Waals surface area (Å²) >= 11 is 0. The van der Waals surface area contributed by atoms with E-state index in [2.05, 4.69) is 21.3 Å². The third-order valence-corrected chi connectivity index (χ3v) is 5.03. The molecule has 182 valence electrons. The Morgan fingerprint density at radius 1 is 0.938 bits per heavy atom. The average Bonchev–Trinajstić information content (AvgIpc) is 3.28. The van der Waals surface area contributed by atoms with Crippen LogP contribution in [0.2, 0.25) is 0 Å². The van der Waals surface area contributed by atoms with Crippen LogP contribution in [-0.2, 0) is 24.0 Å². The number of hydrogen-bond acceptors (Lipinski definition) is 8. The number of carbonyl (C=O) groups is 5. The van der Waals surface area contributed by atoms with E-state index in [0.717, 1.165) is 6.42 Å². The van der Waals surface area contributed by atoms with Crippen LogP contribution in [0.25, 0.3) is 0 Å². The zero-order valence-corrected chi connectivity index (χ0v) is 17.8. The number of aliphatic hydroxyl groups excluding tert-OH is 1. The van der Waals surface area contributed by atoms with Crippen LogP contribution in [-0.4, -0.2) is 88.8 Å². The molecule has 0 aromatic rings. The number of carboxylic acids is 2. The number of carboxylic acid groups (broad SMARTS) is 2. The van der Waals surface area contributed by atoms with E-state index in [1.165, 1.54) is 0 Å². The number of aliphatic carboxylic acids is 2. The van der Waals surface area contributed by atoms with Crippen molar-refractivity contribution in [2.75, 3.05) is 19.7 Å². The maximum Gasteiger partial charge on any atom is 0.326 e. The second kappa shape index (κ2) is 14.3. The van der Waals surface area contributed by atoms with Gasteiger partial charge in [-0.3, -0.25) is 19.2 Å². The molecule has 1 fully saturated rings. The molecule has 13 heteroatoms. The number of amides is 3. The number of nitrogens with one attached hydrogen (secondary N) is 4. The van der Waals surface area contributed by atoms with Crippen molar-refractivity contribution in [2.24, 2.45) is 5.73 Å². The fourth-order valence-corrected chi connectivity index (χ4v) is 3.21. The normalized spacial score (nSPS) is 18.2. The van der Waals surface area contributed by atoms with E-state index in [0.29, 0.717) is 32.4 Å². The predicted molar refractivity (Wildman–Crippen MR) is 111 cm³/mol. The van der Waals surface area contributed by atoms with Gasteiger partial charge in [0.2, 0.25) is 17.7 Å². The van der Waals surface area contributed by atoms with Crippen molar-refractivity contribution in [1.29, 1.82) is 0 Å². The summed E-state index contributed by atoms with van der Waals surface area (Å²) < 4.78 is 0. The Labute approximate surface area is 185 Å². The lowest BCUT2D eigenvalue weighted by atomic mass is 10.1. The molecule has 0 aliphatic carbocycles. The molecule has 4 atom stereocenters. The van der Waals surface area contributed by atoms with E-state index in [1.807, 2.05) is 0 Å². The second-order valence-corrected chi connectivity index (χ2v) is 7.57. The van der Waals surface area contributed by atoms with Gasteiger partial charge in [0.05, 0.1) is 12.6 Å². The van der Waals surface area contributed by atoms with Crippen LogP contribution in [0, 0.1) is 0 Å². The van der Waals surface area contributed by atoms with Crippen molar-refractivity contribution in [1.82, 2.24) is 21.3 Å². The van der Waals surface area contributed by atoms with Crippen LogP contribution in [0.1, 0.15) is 44.9 Å². The summed E-state index contributed by atoms with van der Waals surface area (Å²) in [6.07, 6.45) is 2.04. The van der Waals surface area contributed by atoms with E-state index in [-0.39, 0.29) is 18.7 Å². The maximum atomic E-state index is 12.7. The van der Waals surface area contributed by atoms with Gasteiger partial charge in [0, 0.05) is 6.42 Å². The third kappa shape index (κ3) is 9.58. The first kappa shape index (κ1) is 27.3. The Bertz CT molecular complexity index is 668. The molecule has 0 radical (unpaired) electrons. The summed E-state index contributed by atoms with van der Waals surface area (Å²) in [4.78, 5) is 59.4. The molecule has 1 aliphatic heterocycles. The molecule has 0 bridgehead atoms. The molecule has 0 saturated carbocycles. The summed E-state index contributed by atoms with van der Waals surface area (Å²) in [6, 6.07) is -4.37. The lowest BCUT2D eigenvalue weighted by molar-refractivity contribution is -0.143. The Balaban J connectivity index is 2.77. The Hall–Kier alpha value is -2.77. The van der Waals surface area contributed by atoms with Gasteiger partial charge in [0.1, 0.15) is 18.1 Å². The number of hydrogen-bond donors (Lipinski definition) is 8. The second-order valence-electron chi connectivity index (χ2n) is 7.57. The van der Waals surface area contributed by atoms with Gasteiger partial charge in [-0.05, 0) is 51.6 Å². The van der Waals surface area contributed by atoms with Crippen molar-refractivity contribution in [2.45, 2.75) is 69.1 Å². The SMILES string of the molecule is NCCCCC(NC(=O)C1CCCN1)C(=O)NC(CO)C(=O)NC(CCC(=O)O)C(=O)O. The topological polar surface area (TPSA) is 220 Å². The highest BCUT2D eigenvalue weighted by molar-refractivity contribution is 5.94. The first-order valence-electron chi connectivity index (χ1n) is 10.6. The highest BCUT2D eigenvalue weighted by Gasteiger charge is 2.31. The van der Waals surface area contributed by atoms with Gasteiger partial charge < -0.3 is 42.3 Å². The number of nitrogens with two attached hydrogens (primary N) is 1. The van der Waals surface area contributed by atoms with Crippen LogP contribution in [0.4, 0.5) is 0 Å². The highest BCUT2D eigenvalue weighted by atomic mass is 16.4. The minimum absolute atomic E-state index is 0.262. The molecular weight excluding hydrogens is 426 g/mol. The van der Waals surface area contributed by atoms with E-state index in [4.69, 9.17) is 15.9 Å². The number of aliphatic hydroxyl groups is 1. The van der Waals surface area contributed by atoms with E-state index >= 15 is 0 Å². The van der Waals surface area contributed by atoms with E-state index < -0.39 is 60.9 Å². The van der Waals surface area contributed by atoms with Crippen LogP contribution >= 0.6 is 0 Å². The van der Waals surface area contributed by atoms with Crippen molar-refractivity contribution >= 4 is 29.7 Å². The predicted octanol–water partition coefficient (Wildman–Crippen LogP) is -2.74. The molecule has 1 heterocycles. The molecule has 1 aliphatic rings. The smallest absolute Gasteiger partial charge is 0.326 e. The summed E-state index contributed by atoms with van der Waals surface area (Å²) in [7, 11) is 0. The molecule has 13 nitrogen and oxygen atoms in total. The van der Waals surface area contributed by atoms with Gasteiger partial charge in [-0.15, -0.1) is 0 Å². The number of rotatable bonds is 15. The fraction of sp³-hybridized carbons (Fsp3) is 0.737. The molecule has 32 heavy (non-hydrogen) atoms. The molecule has 1 rings (SSSR count). The quantitative estimate of drug-likeness (QED) is 0.118. The standard InChI is InChI=1S/C19H33N5O8/c20-8-2-1-4-12(22-16(28)11-5-3-9-21-11)17(29)24-14(10-25)18(30)23-13(19(31)32)6-7-15(26)27/h11-14,21,25H,1-10,20H2,(H,22,28)(H,23,30)(H,24,29)(H,26,27)(H,31,32). The first-order chi connectivity index (χ1) is 15.2. The van der Waals surface area contributed by atoms with Crippen LogP contribution in [0.5, 0.6) is 0 Å². The molecule has 0 spiro atoms. The van der Waals surface area contributed by atoms with Crippen molar-refractivity contribution in [3.05, 3.63) is 0 Å². The van der Waals surface area contributed by atoms with Gasteiger partial charge in [-0.1, -0.05) is 0 Å². The lowest BCUT2D eigenvalue weighted by Crippen LogP contribution is -2.58. The Morgan fingerprint density at radius 3 is 2.12 bits per heavy atom. The molecule has 4 unspecified atom stereocenters. The van der Waals surface area contributed by atoms with Gasteiger partial charge in [-0.25, -0.2) is 4.79 Å². The molecular formula is C19H33N5O8. The zero-order chi connectivity index (χ0) is 24.1. The van der Waals surface area contributed by atoms with Crippen molar-refractivity contribution < 1.29 is 39.3 Å². The first-order valence-corrected chi connectivity index (χ1v) is 10.6. The Kier molecular flexibility index (Phi) is 12.2.